The van der Waals surface area contributed by atoms with Gasteiger partial charge in [0.15, 0.2) is 11.0 Å². The Bertz CT molecular complexity index is 942. The quantitative estimate of drug-likeness (QED) is 0.625. The second-order valence-electron chi connectivity index (χ2n) is 5.55. The van der Waals surface area contributed by atoms with Crippen LogP contribution in [0.4, 0.5) is 11.4 Å². The van der Waals surface area contributed by atoms with E-state index in [9.17, 15) is 9.59 Å². The van der Waals surface area contributed by atoms with Crippen LogP contribution in [-0.2, 0) is 16.6 Å². The van der Waals surface area contributed by atoms with Crippen molar-refractivity contribution in [2.75, 3.05) is 16.4 Å². The van der Waals surface area contributed by atoms with Crippen molar-refractivity contribution in [1.29, 1.82) is 0 Å². The van der Waals surface area contributed by atoms with E-state index in [-0.39, 0.29) is 17.6 Å². The Morgan fingerprint density at radius 2 is 1.78 bits per heavy atom. The molecule has 0 atom stereocenters. The highest BCUT2D eigenvalue weighted by atomic mass is 32.2. The van der Waals surface area contributed by atoms with E-state index >= 15 is 0 Å². The van der Waals surface area contributed by atoms with Crippen LogP contribution in [0.15, 0.2) is 48.0 Å². The van der Waals surface area contributed by atoms with E-state index < -0.39 is 0 Å². The number of nitrogens with one attached hydrogen (secondary N) is 2. The maximum atomic E-state index is 12.2. The predicted octanol–water partition coefficient (Wildman–Crippen LogP) is 1.96. The van der Waals surface area contributed by atoms with E-state index in [0.717, 1.165) is 0 Å². The molecular weight excluding hydrogens is 366 g/mol. The van der Waals surface area contributed by atoms with E-state index in [1.807, 2.05) is 7.05 Å². The lowest BCUT2D eigenvalue weighted by Gasteiger charge is -2.07. The number of aromatic nitrogens is 5. The maximum absolute atomic E-state index is 12.2. The van der Waals surface area contributed by atoms with E-state index in [0.29, 0.717) is 28.0 Å². The van der Waals surface area contributed by atoms with Gasteiger partial charge in [-0.25, -0.2) is 4.98 Å². The first-order valence-electron chi connectivity index (χ1n) is 7.99. The van der Waals surface area contributed by atoms with Crippen molar-refractivity contribution >= 4 is 35.0 Å². The summed E-state index contributed by atoms with van der Waals surface area (Å²) in [5.41, 5.74) is 1.93. The molecule has 0 radical (unpaired) electrons. The Kier molecular flexibility index (Phi) is 5.77. The third-order valence-electron chi connectivity index (χ3n) is 3.45. The molecule has 9 nitrogen and oxygen atoms in total. The van der Waals surface area contributed by atoms with Crippen molar-refractivity contribution in [2.24, 2.45) is 7.05 Å². The van der Waals surface area contributed by atoms with Gasteiger partial charge in [-0.05, 0) is 24.3 Å². The largest absolute Gasteiger partial charge is 0.326 e. The Morgan fingerprint density at radius 1 is 1.07 bits per heavy atom. The lowest BCUT2D eigenvalue weighted by molar-refractivity contribution is -0.114. The number of nitrogens with zero attached hydrogens (tertiary/aromatic N) is 5. The van der Waals surface area contributed by atoms with Crippen LogP contribution >= 0.6 is 11.8 Å². The Morgan fingerprint density at radius 3 is 2.41 bits per heavy atom. The van der Waals surface area contributed by atoms with Crippen molar-refractivity contribution < 1.29 is 9.59 Å². The van der Waals surface area contributed by atoms with Gasteiger partial charge in [0.1, 0.15) is 5.69 Å². The molecule has 0 bridgehead atoms. The van der Waals surface area contributed by atoms with Crippen molar-refractivity contribution in [1.82, 2.24) is 24.7 Å². The molecule has 0 unspecified atom stereocenters. The van der Waals surface area contributed by atoms with Gasteiger partial charge >= 0.3 is 0 Å². The minimum absolute atomic E-state index is 0.146. The molecule has 2 N–H and O–H groups in total. The first kappa shape index (κ1) is 18.5. The number of amides is 2. The first-order chi connectivity index (χ1) is 13.0. The molecule has 0 spiro atoms. The average Bonchev–Trinajstić information content (AvgIpc) is 3.02. The highest BCUT2D eigenvalue weighted by Crippen LogP contribution is 2.21. The van der Waals surface area contributed by atoms with Crippen LogP contribution in [0.2, 0.25) is 0 Å². The molecule has 3 aromatic rings. The van der Waals surface area contributed by atoms with Crippen LogP contribution in [-0.4, -0.2) is 42.3 Å². The lowest BCUT2D eigenvalue weighted by atomic mass is 10.3. The van der Waals surface area contributed by atoms with Gasteiger partial charge in [0, 0.05) is 37.7 Å². The Hall–Kier alpha value is -3.27. The van der Waals surface area contributed by atoms with Gasteiger partial charge in [0.05, 0.1) is 11.9 Å². The van der Waals surface area contributed by atoms with Gasteiger partial charge in [-0.3, -0.25) is 14.6 Å². The zero-order chi connectivity index (χ0) is 19.2. The van der Waals surface area contributed by atoms with Crippen molar-refractivity contribution in [3.63, 3.8) is 0 Å². The molecule has 0 aliphatic carbocycles. The molecule has 0 aliphatic rings. The summed E-state index contributed by atoms with van der Waals surface area (Å²) in [6, 6.07) is 6.89. The molecular formula is C17H17N7O2S. The van der Waals surface area contributed by atoms with Crippen LogP contribution < -0.4 is 10.6 Å². The van der Waals surface area contributed by atoms with Crippen LogP contribution in [0, 0.1) is 0 Å². The monoisotopic (exact) mass is 383 g/mol. The molecule has 27 heavy (non-hydrogen) atoms. The highest BCUT2D eigenvalue weighted by molar-refractivity contribution is 7.99. The summed E-state index contributed by atoms with van der Waals surface area (Å²) in [5.74, 6) is 0.448. The summed E-state index contributed by atoms with van der Waals surface area (Å²) < 4.78 is 1.77. The van der Waals surface area contributed by atoms with Crippen molar-refractivity contribution in [2.45, 2.75) is 12.1 Å². The first-order valence-corrected chi connectivity index (χ1v) is 8.97. The molecule has 0 aliphatic heterocycles. The number of rotatable bonds is 6. The van der Waals surface area contributed by atoms with E-state index in [4.69, 9.17) is 0 Å². The normalized spacial score (nSPS) is 10.4. The van der Waals surface area contributed by atoms with E-state index in [1.54, 1.807) is 47.4 Å². The zero-order valence-electron chi connectivity index (χ0n) is 14.7. The minimum Gasteiger partial charge on any atom is -0.326 e. The zero-order valence-corrected chi connectivity index (χ0v) is 15.5. The number of thioether (sulfide) groups is 1. The number of carbonyl (C=O) groups excluding carboxylic acids is 2. The molecule has 1 aromatic carbocycles. The van der Waals surface area contributed by atoms with Gasteiger partial charge in [0.25, 0.3) is 0 Å². The van der Waals surface area contributed by atoms with Crippen LogP contribution in [0.5, 0.6) is 0 Å². The number of hydrogen-bond acceptors (Lipinski definition) is 7. The highest BCUT2D eigenvalue weighted by Gasteiger charge is 2.14. The maximum Gasteiger partial charge on any atom is 0.234 e. The fourth-order valence-corrected chi connectivity index (χ4v) is 2.96. The number of benzene rings is 1. The van der Waals surface area contributed by atoms with E-state index in [1.165, 1.54) is 18.7 Å². The van der Waals surface area contributed by atoms with Crippen molar-refractivity contribution in [3.05, 3.63) is 42.9 Å². The van der Waals surface area contributed by atoms with Crippen LogP contribution in [0.1, 0.15) is 6.92 Å². The van der Waals surface area contributed by atoms with Gasteiger partial charge < -0.3 is 15.2 Å². The minimum atomic E-state index is -0.170. The summed E-state index contributed by atoms with van der Waals surface area (Å²) in [5, 5.41) is 14.3. The molecule has 2 aromatic heterocycles. The lowest BCUT2D eigenvalue weighted by Crippen LogP contribution is -2.14. The molecule has 0 saturated heterocycles. The summed E-state index contributed by atoms with van der Waals surface area (Å²) in [7, 11) is 1.81. The summed E-state index contributed by atoms with van der Waals surface area (Å²) in [4.78, 5) is 31.4. The summed E-state index contributed by atoms with van der Waals surface area (Å²) >= 11 is 1.27. The van der Waals surface area contributed by atoms with E-state index in [2.05, 4.69) is 30.8 Å². The predicted molar refractivity (Wildman–Crippen MR) is 102 cm³/mol. The van der Waals surface area contributed by atoms with Crippen LogP contribution in [0.3, 0.4) is 0 Å². The average molecular weight is 383 g/mol. The second-order valence-corrected chi connectivity index (χ2v) is 6.49. The molecule has 138 valence electrons. The van der Waals surface area contributed by atoms with Gasteiger partial charge in [-0.15, -0.1) is 10.2 Å². The second kappa shape index (κ2) is 8.41. The number of anilines is 2. The standard InChI is InChI=1S/C17H17N7O2S/c1-11(25)20-12-3-5-13(6-4-12)21-15(26)10-27-17-23-22-16(24(17)2)14-9-18-7-8-19-14/h3-9H,10H2,1-2H3,(H,20,25)(H,21,26). The summed E-state index contributed by atoms with van der Waals surface area (Å²) in [6.07, 6.45) is 4.78. The molecule has 10 heteroatoms. The molecule has 2 heterocycles. The molecule has 0 fully saturated rings. The van der Waals surface area contributed by atoms with Crippen LogP contribution in [0.25, 0.3) is 11.5 Å². The molecule has 3 rings (SSSR count). The fraction of sp³-hybridized carbons (Fsp3) is 0.176. The smallest absolute Gasteiger partial charge is 0.234 e. The third kappa shape index (κ3) is 4.88. The number of hydrogen-bond donors (Lipinski definition) is 2. The van der Waals surface area contributed by atoms with Crippen molar-refractivity contribution in [3.8, 4) is 11.5 Å². The third-order valence-corrected chi connectivity index (χ3v) is 4.47. The Labute approximate surface area is 159 Å². The Balaban J connectivity index is 1.57. The molecule has 0 saturated carbocycles. The summed E-state index contributed by atoms with van der Waals surface area (Å²) in [6.45, 7) is 1.44. The van der Waals surface area contributed by atoms with Gasteiger partial charge in [-0.1, -0.05) is 11.8 Å². The molecule has 2 amide bonds. The fourth-order valence-electron chi connectivity index (χ4n) is 2.25. The number of carbonyl (C=O) groups is 2. The SMILES string of the molecule is CC(=O)Nc1ccc(NC(=O)CSc2nnc(-c3cnccn3)n2C)cc1. The van der Waals surface area contributed by atoms with Gasteiger partial charge in [0.2, 0.25) is 11.8 Å². The topological polar surface area (TPSA) is 115 Å². The van der Waals surface area contributed by atoms with Gasteiger partial charge in [-0.2, -0.15) is 0 Å².